The zero-order valence-corrected chi connectivity index (χ0v) is 9.83. The summed E-state index contributed by atoms with van der Waals surface area (Å²) in [5.74, 6) is 0. The average molecular weight is 251 g/mol. The number of ether oxygens (including phenoxy) is 2. The molecular weight excluding hydrogens is 235 g/mol. The first kappa shape index (κ1) is 14.2. The van der Waals surface area contributed by atoms with Gasteiger partial charge < -0.3 is 9.47 Å². The topological polar surface area (TPSA) is 30.8 Å². The lowest BCUT2D eigenvalue weighted by Gasteiger charge is -2.25. The molecule has 0 aromatic heterocycles. The van der Waals surface area contributed by atoms with Gasteiger partial charge >= 0.3 is 6.18 Å². The molecule has 1 aliphatic rings. The van der Waals surface area contributed by atoms with E-state index in [9.17, 15) is 13.2 Å². The molecule has 2 unspecified atom stereocenters. The summed E-state index contributed by atoms with van der Waals surface area (Å²) in [4.78, 5) is 3.93. The Morgan fingerprint density at radius 2 is 2.06 bits per heavy atom. The highest BCUT2D eigenvalue weighted by molar-refractivity contribution is 5.60. The van der Waals surface area contributed by atoms with Crippen LogP contribution in [0.25, 0.3) is 0 Å². The predicted molar refractivity (Wildman–Crippen MR) is 58.1 cm³/mol. The van der Waals surface area contributed by atoms with E-state index in [1.54, 1.807) is 12.4 Å². The predicted octanol–water partition coefficient (Wildman–Crippen LogP) is 2.72. The minimum Gasteiger partial charge on any atom is -0.377 e. The van der Waals surface area contributed by atoms with Crippen molar-refractivity contribution in [3.63, 3.8) is 0 Å². The Bertz CT molecular complexity index is 300. The molecule has 0 amide bonds. The lowest BCUT2D eigenvalue weighted by molar-refractivity contribution is -0.219. The van der Waals surface area contributed by atoms with Gasteiger partial charge in [-0.15, -0.1) is 0 Å². The van der Waals surface area contributed by atoms with Gasteiger partial charge in [0.05, 0.1) is 6.10 Å². The molecule has 1 aliphatic heterocycles. The molecule has 17 heavy (non-hydrogen) atoms. The molecule has 0 fully saturated rings. The van der Waals surface area contributed by atoms with Crippen molar-refractivity contribution in [1.82, 2.24) is 0 Å². The molecule has 98 valence electrons. The lowest BCUT2D eigenvalue weighted by atomic mass is 9.99. The van der Waals surface area contributed by atoms with Gasteiger partial charge in [-0.1, -0.05) is 0 Å². The SMILES string of the molecule is COC(CC(OC)C(F)(F)F)C1=CN=CCC1. The highest BCUT2D eigenvalue weighted by Gasteiger charge is 2.41. The van der Waals surface area contributed by atoms with Crippen LogP contribution in [-0.4, -0.2) is 38.8 Å². The van der Waals surface area contributed by atoms with Gasteiger partial charge in [0.1, 0.15) is 0 Å². The first-order valence-corrected chi connectivity index (χ1v) is 5.32. The van der Waals surface area contributed by atoms with E-state index < -0.39 is 18.4 Å². The molecule has 0 aliphatic carbocycles. The minimum absolute atomic E-state index is 0.238. The summed E-state index contributed by atoms with van der Waals surface area (Å²) in [7, 11) is 2.45. The van der Waals surface area contributed by atoms with Gasteiger partial charge in [0, 0.05) is 33.1 Å². The van der Waals surface area contributed by atoms with E-state index in [1.807, 2.05) is 0 Å². The first-order valence-electron chi connectivity index (χ1n) is 5.32. The van der Waals surface area contributed by atoms with Crippen LogP contribution in [0.1, 0.15) is 19.3 Å². The summed E-state index contributed by atoms with van der Waals surface area (Å²) in [5.41, 5.74) is 0.779. The second kappa shape index (κ2) is 6.16. The largest absolute Gasteiger partial charge is 0.414 e. The molecule has 0 radical (unpaired) electrons. The molecule has 3 nitrogen and oxygen atoms in total. The number of halogens is 3. The van der Waals surface area contributed by atoms with E-state index in [-0.39, 0.29) is 6.42 Å². The summed E-state index contributed by atoms with van der Waals surface area (Å²) >= 11 is 0. The number of nitrogens with zero attached hydrogens (tertiary/aromatic N) is 1. The highest BCUT2D eigenvalue weighted by atomic mass is 19.4. The van der Waals surface area contributed by atoms with Crippen molar-refractivity contribution in [1.29, 1.82) is 0 Å². The number of aliphatic imine (C=N–C) groups is 1. The Kier molecular flexibility index (Phi) is 5.14. The molecule has 0 spiro atoms. The molecule has 6 heteroatoms. The molecule has 1 heterocycles. The third-order valence-corrected chi connectivity index (χ3v) is 2.68. The van der Waals surface area contributed by atoms with Crippen LogP contribution in [0.4, 0.5) is 13.2 Å². The molecule has 2 atom stereocenters. The van der Waals surface area contributed by atoms with Crippen molar-refractivity contribution in [2.75, 3.05) is 14.2 Å². The zero-order chi connectivity index (χ0) is 12.9. The minimum atomic E-state index is -4.37. The Balaban J connectivity index is 2.68. The van der Waals surface area contributed by atoms with Gasteiger partial charge in [0.15, 0.2) is 6.10 Å². The third kappa shape index (κ3) is 4.12. The fraction of sp³-hybridized carbons (Fsp3) is 0.727. The van der Waals surface area contributed by atoms with Crippen molar-refractivity contribution in [3.8, 4) is 0 Å². The van der Waals surface area contributed by atoms with E-state index in [0.29, 0.717) is 6.42 Å². The maximum Gasteiger partial charge on any atom is 0.414 e. The Labute approximate surface area is 98.3 Å². The van der Waals surface area contributed by atoms with Gasteiger partial charge in [-0.3, -0.25) is 4.99 Å². The first-order chi connectivity index (χ1) is 7.99. The van der Waals surface area contributed by atoms with Gasteiger partial charge in [-0.05, 0) is 18.4 Å². The lowest BCUT2D eigenvalue weighted by Crippen LogP contribution is -2.35. The Hall–Kier alpha value is -0.880. The van der Waals surface area contributed by atoms with Crippen LogP contribution in [0, 0.1) is 0 Å². The molecule has 0 saturated carbocycles. The number of rotatable bonds is 5. The van der Waals surface area contributed by atoms with Gasteiger partial charge in [-0.2, -0.15) is 13.2 Å². The summed E-state index contributed by atoms with van der Waals surface area (Å²) in [6.07, 6.45) is -2.31. The molecular formula is C11H16F3NO2. The van der Waals surface area contributed by atoms with Gasteiger partial charge in [0.25, 0.3) is 0 Å². The average Bonchev–Trinajstić information content (AvgIpc) is 2.30. The standard InChI is InChI=1S/C11H16F3NO2/c1-16-9(8-4-3-5-15-7-8)6-10(17-2)11(12,13)14/h5,7,9-10H,3-4,6H2,1-2H3. The quantitative estimate of drug-likeness (QED) is 0.752. The normalized spacial score (nSPS) is 19.9. The van der Waals surface area contributed by atoms with Gasteiger partial charge in [0.2, 0.25) is 0 Å². The second-order valence-corrected chi connectivity index (χ2v) is 3.80. The van der Waals surface area contributed by atoms with Crippen LogP contribution in [0.15, 0.2) is 16.8 Å². The van der Waals surface area contributed by atoms with E-state index in [4.69, 9.17) is 4.74 Å². The van der Waals surface area contributed by atoms with Crippen molar-refractivity contribution in [3.05, 3.63) is 11.8 Å². The Morgan fingerprint density at radius 1 is 1.35 bits per heavy atom. The molecule has 0 N–H and O–H groups in total. The van der Waals surface area contributed by atoms with Crippen molar-refractivity contribution in [2.24, 2.45) is 4.99 Å². The maximum atomic E-state index is 12.6. The molecule has 0 aromatic rings. The number of hydrogen-bond donors (Lipinski definition) is 0. The van der Waals surface area contributed by atoms with Gasteiger partial charge in [-0.25, -0.2) is 0 Å². The molecule has 0 bridgehead atoms. The number of methoxy groups -OCH3 is 2. The summed E-state index contributed by atoms with van der Waals surface area (Å²) in [6, 6.07) is 0. The smallest absolute Gasteiger partial charge is 0.377 e. The van der Waals surface area contributed by atoms with Crippen LogP contribution in [0.3, 0.4) is 0 Å². The van der Waals surface area contributed by atoms with E-state index >= 15 is 0 Å². The van der Waals surface area contributed by atoms with Crippen molar-refractivity contribution >= 4 is 6.21 Å². The van der Waals surface area contributed by atoms with Crippen molar-refractivity contribution in [2.45, 2.75) is 37.6 Å². The molecule has 0 aromatic carbocycles. The van der Waals surface area contributed by atoms with Crippen LogP contribution in [0.5, 0.6) is 0 Å². The zero-order valence-electron chi connectivity index (χ0n) is 9.83. The van der Waals surface area contributed by atoms with E-state index in [2.05, 4.69) is 9.73 Å². The number of alkyl halides is 3. The molecule has 0 saturated heterocycles. The second-order valence-electron chi connectivity index (χ2n) is 3.80. The van der Waals surface area contributed by atoms with Crippen molar-refractivity contribution < 1.29 is 22.6 Å². The summed E-state index contributed by atoms with van der Waals surface area (Å²) < 4.78 is 47.2. The summed E-state index contributed by atoms with van der Waals surface area (Å²) in [6.45, 7) is 0. The van der Waals surface area contributed by atoms with E-state index in [0.717, 1.165) is 19.1 Å². The number of hydrogen-bond acceptors (Lipinski definition) is 3. The monoisotopic (exact) mass is 251 g/mol. The van der Waals surface area contributed by atoms with Crippen LogP contribution in [-0.2, 0) is 9.47 Å². The Morgan fingerprint density at radius 3 is 2.47 bits per heavy atom. The van der Waals surface area contributed by atoms with Crippen LogP contribution in [0.2, 0.25) is 0 Å². The van der Waals surface area contributed by atoms with Crippen LogP contribution < -0.4 is 0 Å². The van der Waals surface area contributed by atoms with E-state index in [1.165, 1.54) is 7.11 Å². The fourth-order valence-corrected chi connectivity index (χ4v) is 1.72. The van der Waals surface area contributed by atoms with Crippen LogP contribution >= 0.6 is 0 Å². The highest BCUT2D eigenvalue weighted by Crippen LogP contribution is 2.29. The maximum absolute atomic E-state index is 12.6. The molecule has 1 rings (SSSR count). The third-order valence-electron chi connectivity index (χ3n) is 2.68. The fourth-order valence-electron chi connectivity index (χ4n) is 1.72. The summed E-state index contributed by atoms with van der Waals surface area (Å²) in [5, 5.41) is 0.